The van der Waals surface area contributed by atoms with Crippen LogP contribution in [0.15, 0.2) is 40.8 Å². The Hall–Kier alpha value is -1.66. The van der Waals surface area contributed by atoms with Crippen molar-refractivity contribution in [3.63, 3.8) is 0 Å². The molecule has 0 radical (unpaired) electrons. The van der Waals surface area contributed by atoms with Gasteiger partial charge < -0.3 is 4.90 Å². The first-order valence-electron chi connectivity index (χ1n) is 10.0. The van der Waals surface area contributed by atoms with Gasteiger partial charge in [-0.3, -0.25) is 4.79 Å². The maximum absolute atomic E-state index is 12.6. The Kier molecular flexibility index (Phi) is 6.71. The molecule has 1 aromatic rings. The number of amides is 1. The number of hydrogen-bond acceptors (Lipinski definition) is 3. The largest absolute Gasteiger partial charge is 0.339 e. The molecule has 1 amide bonds. The van der Waals surface area contributed by atoms with E-state index in [4.69, 9.17) is 0 Å². The van der Waals surface area contributed by atoms with Crippen molar-refractivity contribution < 1.29 is 13.2 Å². The molecule has 148 valence electrons. The van der Waals surface area contributed by atoms with E-state index in [0.29, 0.717) is 18.0 Å². The van der Waals surface area contributed by atoms with Crippen LogP contribution in [0.3, 0.4) is 0 Å². The first kappa shape index (κ1) is 20.1. The number of nitrogens with zero attached hydrogens (tertiary/aromatic N) is 1. The first-order valence-corrected chi connectivity index (χ1v) is 11.5. The van der Waals surface area contributed by atoms with E-state index in [1.165, 1.54) is 30.5 Å². The van der Waals surface area contributed by atoms with Crippen LogP contribution in [0.4, 0.5) is 0 Å². The number of sulfonamides is 1. The van der Waals surface area contributed by atoms with Gasteiger partial charge in [0.25, 0.3) is 5.91 Å². The molecule has 0 atom stereocenters. The Morgan fingerprint density at radius 2 is 1.85 bits per heavy atom. The third kappa shape index (κ3) is 5.42. The molecule has 1 aromatic carbocycles. The van der Waals surface area contributed by atoms with Crippen molar-refractivity contribution in [1.29, 1.82) is 0 Å². The highest BCUT2D eigenvalue weighted by molar-refractivity contribution is 7.89. The highest BCUT2D eigenvalue weighted by Crippen LogP contribution is 2.21. The average Bonchev–Trinajstić information content (AvgIpc) is 2.69. The van der Waals surface area contributed by atoms with Crippen molar-refractivity contribution in [3.8, 4) is 0 Å². The van der Waals surface area contributed by atoms with Gasteiger partial charge in [-0.05, 0) is 75.1 Å². The Morgan fingerprint density at radius 1 is 1.15 bits per heavy atom. The zero-order chi connectivity index (χ0) is 19.3. The topological polar surface area (TPSA) is 66.5 Å². The SMILES string of the molecule is CC1CCN(C(=O)c2ccc(S(=O)(=O)NCCC3=CCCCC3)cc2)CC1. The van der Waals surface area contributed by atoms with E-state index in [1.807, 2.05) is 4.90 Å². The molecular formula is C21H30N2O3S. The number of benzene rings is 1. The highest BCUT2D eigenvalue weighted by Gasteiger charge is 2.22. The predicted octanol–water partition coefficient (Wildman–Crippen LogP) is 3.73. The van der Waals surface area contributed by atoms with Crippen molar-refractivity contribution in [1.82, 2.24) is 9.62 Å². The summed E-state index contributed by atoms with van der Waals surface area (Å²) < 4.78 is 27.6. The number of allylic oxidation sites excluding steroid dienone is 1. The lowest BCUT2D eigenvalue weighted by Gasteiger charge is -2.30. The molecule has 2 aliphatic rings. The highest BCUT2D eigenvalue weighted by atomic mass is 32.2. The fraction of sp³-hybridized carbons (Fsp3) is 0.571. The summed E-state index contributed by atoms with van der Waals surface area (Å²) >= 11 is 0. The van der Waals surface area contributed by atoms with Gasteiger partial charge in [-0.2, -0.15) is 0 Å². The first-order chi connectivity index (χ1) is 13.0. The van der Waals surface area contributed by atoms with Crippen LogP contribution in [-0.2, 0) is 10.0 Å². The van der Waals surface area contributed by atoms with E-state index in [2.05, 4.69) is 17.7 Å². The summed E-state index contributed by atoms with van der Waals surface area (Å²) in [6.45, 7) is 4.18. The van der Waals surface area contributed by atoms with Gasteiger partial charge in [-0.1, -0.05) is 18.6 Å². The monoisotopic (exact) mass is 390 g/mol. The third-order valence-corrected chi connectivity index (χ3v) is 7.08. The third-order valence-electron chi connectivity index (χ3n) is 5.61. The van der Waals surface area contributed by atoms with E-state index in [0.717, 1.165) is 45.2 Å². The lowest BCUT2D eigenvalue weighted by Crippen LogP contribution is -2.37. The molecule has 6 heteroatoms. The van der Waals surface area contributed by atoms with Crippen LogP contribution >= 0.6 is 0 Å². The molecule has 0 unspecified atom stereocenters. The second kappa shape index (κ2) is 9.02. The van der Waals surface area contributed by atoms with Gasteiger partial charge >= 0.3 is 0 Å². The molecule has 0 saturated carbocycles. The lowest BCUT2D eigenvalue weighted by atomic mass is 9.97. The van der Waals surface area contributed by atoms with Crippen LogP contribution in [0.5, 0.6) is 0 Å². The number of carbonyl (C=O) groups excluding carboxylic acids is 1. The van der Waals surface area contributed by atoms with Crippen LogP contribution < -0.4 is 4.72 Å². The van der Waals surface area contributed by atoms with Crippen molar-refractivity contribution in [2.24, 2.45) is 5.92 Å². The Labute approximate surface area is 162 Å². The second-order valence-corrected chi connectivity index (χ2v) is 9.52. The minimum absolute atomic E-state index is 0.0111. The molecule has 1 aliphatic carbocycles. The van der Waals surface area contributed by atoms with Gasteiger partial charge in [0, 0.05) is 25.2 Å². The number of carbonyl (C=O) groups is 1. The summed E-state index contributed by atoms with van der Waals surface area (Å²) in [6, 6.07) is 6.31. The van der Waals surface area contributed by atoms with Crippen LogP contribution in [-0.4, -0.2) is 38.9 Å². The van der Waals surface area contributed by atoms with Gasteiger partial charge in [0.2, 0.25) is 10.0 Å². The van der Waals surface area contributed by atoms with Gasteiger partial charge in [-0.25, -0.2) is 13.1 Å². The van der Waals surface area contributed by atoms with Crippen molar-refractivity contribution >= 4 is 15.9 Å². The van der Waals surface area contributed by atoms with E-state index < -0.39 is 10.0 Å². The molecule has 1 N–H and O–H groups in total. The Balaban J connectivity index is 1.56. The normalized spacial score (nSPS) is 19.0. The molecule has 1 heterocycles. The minimum atomic E-state index is -3.54. The van der Waals surface area contributed by atoms with Gasteiger partial charge in [0.15, 0.2) is 0 Å². The fourth-order valence-corrected chi connectivity index (χ4v) is 4.76. The lowest BCUT2D eigenvalue weighted by molar-refractivity contribution is 0.0697. The van der Waals surface area contributed by atoms with Crippen LogP contribution in [0, 0.1) is 5.92 Å². The molecule has 0 spiro atoms. The van der Waals surface area contributed by atoms with E-state index in [1.54, 1.807) is 12.1 Å². The second-order valence-electron chi connectivity index (χ2n) is 7.76. The molecular weight excluding hydrogens is 360 g/mol. The molecule has 1 saturated heterocycles. The summed E-state index contributed by atoms with van der Waals surface area (Å²) in [5.41, 5.74) is 1.90. The van der Waals surface area contributed by atoms with Crippen molar-refractivity contribution in [2.45, 2.75) is 56.8 Å². The summed E-state index contributed by atoms with van der Waals surface area (Å²) in [7, 11) is -3.54. The van der Waals surface area contributed by atoms with E-state index in [9.17, 15) is 13.2 Å². The molecule has 5 nitrogen and oxygen atoms in total. The number of likely N-dealkylation sites (tertiary alicyclic amines) is 1. The van der Waals surface area contributed by atoms with Crippen LogP contribution in [0.25, 0.3) is 0 Å². The summed E-state index contributed by atoms with van der Waals surface area (Å²) in [4.78, 5) is 14.6. The molecule has 27 heavy (non-hydrogen) atoms. The standard InChI is InChI=1S/C21H30N2O3S/c1-17-12-15-23(16-13-17)21(24)19-7-9-20(10-8-19)27(25,26)22-14-11-18-5-3-2-4-6-18/h5,7-10,17,22H,2-4,6,11-16H2,1H3. The molecule has 1 fully saturated rings. The molecule has 1 aliphatic heterocycles. The number of hydrogen-bond donors (Lipinski definition) is 1. The summed E-state index contributed by atoms with van der Waals surface area (Å²) in [6.07, 6.45) is 9.67. The summed E-state index contributed by atoms with van der Waals surface area (Å²) in [5.74, 6) is 0.653. The predicted molar refractivity (Wildman–Crippen MR) is 107 cm³/mol. The fourth-order valence-electron chi connectivity index (χ4n) is 3.73. The van der Waals surface area contributed by atoms with Crippen LogP contribution in [0.1, 0.15) is 62.2 Å². The van der Waals surface area contributed by atoms with Crippen LogP contribution in [0.2, 0.25) is 0 Å². The zero-order valence-electron chi connectivity index (χ0n) is 16.1. The number of nitrogens with one attached hydrogen (secondary N) is 1. The zero-order valence-corrected chi connectivity index (χ0v) is 16.9. The smallest absolute Gasteiger partial charge is 0.253 e. The molecule has 0 aromatic heterocycles. The number of rotatable bonds is 6. The van der Waals surface area contributed by atoms with E-state index >= 15 is 0 Å². The maximum Gasteiger partial charge on any atom is 0.253 e. The van der Waals surface area contributed by atoms with Gasteiger partial charge in [0.1, 0.15) is 0 Å². The van der Waals surface area contributed by atoms with Crippen molar-refractivity contribution in [2.75, 3.05) is 19.6 Å². The average molecular weight is 391 g/mol. The molecule has 0 bridgehead atoms. The molecule has 3 rings (SSSR count). The minimum Gasteiger partial charge on any atom is -0.339 e. The van der Waals surface area contributed by atoms with Crippen molar-refractivity contribution in [3.05, 3.63) is 41.5 Å². The number of piperidine rings is 1. The van der Waals surface area contributed by atoms with Gasteiger partial charge in [0.05, 0.1) is 4.90 Å². The van der Waals surface area contributed by atoms with Gasteiger partial charge in [-0.15, -0.1) is 0 Å². The maximum atomic E-state index is 12.6. The quantitative estimate of drug-likeness (QED) is 0.753. The van der Waals surface area contributed by atoms with E-state index in [-0.39, 0.29) is 10.8 Å². The summed E-state index contributed by atoms with van der Waals surface area (Å²) in [5, 5.41) is 0. The Bertz CT molecular complexity index is 776. The Morgan fingerprint density at radius 3 is 2.48 bits per heavy atom.